The number of tetrazole rings is 1. The van der Waals surface area contributed by atoms with Crippen molar-refractivity contribution in [2.45, 2.75) is 11.8 Å². The average Bonchev–Trinajstić information content (AvgIpc) is 3.25. The average molecular weight is 359 g/mol. The molecule has 25 heavy (non-hydrogen) atoms. The highest BCUT2D eigenvalue weighted by Gasteiger charge is 2.22. The maximum Gasteiger partial charge on any atom is 0.261 e. The van der Waals surface area contributed by atoms with E-state index in [9.17, 15) is 8.42 Å². The molecule has 3 aromatic rings. The van der Waals surface area contributed by atoms with Crippen LogP contribution in [0.4, 0.5) is 5.69 Å². The fourth-order valence-corrected chi connectivity index (χ4v) is 3.46. The lowest BCUT2D eigenvalue weighted by Gasteiger charge is -2.13. The molecule has 9 nitrogen and oxygen atoms in total. The normalized spacial score (nSPS) is 13.0. The van der Waals surface area contributed by atoms with Gasteiger partial charge in [-0.1, -0.05) is 17.7 Å². The number of fused-ring (bicyclic) bond motifs is 1. The Morgan fingerprint density at radius 1 is 1.12 bits per heavy atom. The Labute approximate surface area is 143 Å². The summed E-state index contributed by atoms with van der Waals surface area (Å²) in [5.74, 6) is 0.933. The summed E-state index contributed by atoms with van der Waals surface area (Å²) in [7, 11) is -3.79. The van der Waals surface area contributed by atoms with Crippen molar-refractivity contribution in [3.05, 3.63) is 48.3 Å². The molecule has 1 aromatic heterocycles. The molecule has 1 aliphatic rings. The molecule has 4 rings (SSSR count). The number of sulfonamides is 1. The minimum atomic E-state index is -3.79. The minimum Gasteiger partial charge on any atom is -0.454 e. The van der Waals surface area contributed by atoms with Crippen LogP contribution in [0.1, 0.15) is 5.56 Å². The fraction of sp³-hybridized carbons (Fsp3) is 0.133. The van der Waals surface area contributed by atoms with E-state index in [1.54, 1.807) is 36.4 Å². The molecule has 0 saturated carbocycles. The molecule has 0 saturated heterocycles. The first kappa shape index (κ1) is 15.4. The highest BCUT2D eigenvalue weighted by molar-refractivity contribution is 7.92. The van der Waals surface area contributed by atoms with Crippen molar-refractivity contribution in [2.24, 2.45) is 0 Å². The zero-order chi connectivity index (χ0) is 17.4. The van der Waals surface area contributed by atoms with E-state index in [1.165, 1.54) is 11.0 Å². The Bertz CT molecular complexity index is 1020. The standard InChI is InChI=1S/C15H13N5O4S/c1-10-2-4-11(5-3-10)25(21,22)17-12-6-14-15(24-9-23-14)7-13(12)20-8-16-18-19-20/h2-8,17H,9H2,1H3. The molecule has 0 aliphatic carbocycles. The van der Waals surface area contributed by atoms with Crippen LogP contribution in [0.15, 0.2) is 47.6 Å². The van der Waals surface area contributed by atoms with Gasteiger partial charge in [0.25, 0.3) is 10.0 Å². The third kappa shape index (κ3) is 2.87. The van der Waals surface area contributed by atoms with Crippen LogP contribution in [0.3, 0.4) is 0 Å². The molecule has 10 heteroatoms. The van der Waals surface area contributed by atoms with E-state index < -0.39 is 10.0 Å². The van der Waals surface area contributed by atoms with Gasteiger partial charge in [0.15, 0.2) is 11.5 Å². The molecule has 1 N–H and O–H groups in total. The topological polar surface area (TPSA) is 108 Å². The summed E-state index contributed by atoms with van der Waals surface area (Å²) in [5, 5.41) is 11.0. The van der Waals surface area contributed by atoms with Crippen LogP contribution < -0.4 is 14.2 Å². The van der Waals surface area contributed by atoms with Gasteiger partial charge in [-0.05, 0) is 29.5 Å². The minimum absolute atomic E-state index is 0.0680. The Kier molecular flexibility index (Phi) is 3.53. The predicted octanol–water partition coefficient (Wildman–Crippen LogP) is 1.50. The number of nitrogens with zero attached hydrogens (tertiary/aromatic N) is 4. The Hall–Kier alpha value is -3.14. The number of hydrogen-bond donors (Lipinski definition) is 1. The van der Waals surface area contributed by atoms with E-state index in [4.69, 9.17) is 9.47 Å². The third-order valence-electron chi connectivity index (χ3n) is 3.66. The van der Waals surface area contributed by atoms with Gasteiger partial charge in [-0.3, -0.25) is 4.72 Å². The van der Waals surface area contributed by atoms with Gasteiger partial charge < -0.3 is 9.47 Å². The number of ether oxygens (including phenoxy) is 2. The monoisotopic (exact) mass is 359 g/mol. The molecule has 2 heterocycles. The molecule has 0 spiro atoms. The molecular formula is C15H13N5O4S. The van der Waals surface area contributed by atoms with Gasteiger partial charge >= 0.3 is 0 Å². The maximum atomic E-state index is 12.7. The van der Waals surface area contributed by atoms with E-state index in [0.717, 1.165) is 5.56 Å². The molecule has 0 radical (unpaired) electrons. The SMILES string of the molecule is Cc1ccc(S(=O)(=O)Nc2cc3c(cc2-n2cnnn2)OCO3)cc1. The number of aryl methyl sites for hydroxylation is 1. The smallest absolute Gasteiger partial charge is 0.261 e. The summed E-state index contributed by atoms with van der Waals surface area (Å²) in [4.78, 5) is 0.151. The number of benzene rings is 2. The lowest BCUT2D eigenvalue weighted by molar-refractivity contribution is 0.174. The largest absolute Gasteiger partial charge is 0.454 e. The third-order valence-corrected chi connectivity index (χ3v) is 5.04. The molecule has 0 fully saturated rings. The van der Waals surface area contributed by atoms with E-state index in [2.05, 4.69) is 20.2 Å². The second-order valence-corrected chi connectivity index (χ2v) is 7.08. The first-order chi connectivity index (χ1) is 12.0. The molecule has 0 atom stereocenters. The lowest BCUT2D eigenvalue weighted by atomic mass is 10.2. The van der Waals surface area contributed by atoms with Crippen LogP contribution in [0.25, 0.3) is 5.69 Å². The summed E-state index contributed by atoms with van der Waals surface area (Å²) in [6.07, 6.45) is 1.36. The van der Waals surface area contributed by atoms with Gasteiger partial charge in [0, 0.05) is 12.1 Å². The van der Waals surface area contributed by atoms with E-state index in [-0.39, 0.29) is 17.4 Å². The number of rotatable bonds is 4. The quantitative estimate of drug-likeness (QED) is 0.752. The van der Waals surface area contributed by atoms with Crippen molar-refractivity contribution in [3.63, 3.8) is 0 Å². The molecule has 128 valence electrons. The van der Waals surface area contributed by atoms with E-state index in [1.807, 2.05) is 6.92 Å². The Balaban J connectivity index is 1.78. The van der Waals surface area contributed by atoms with Crippen molar-refractivity contribution < 1.29 is 17.9 Å². The van der Waals surface area contributed by atoms with Crippen LogP contribution in [0, 0.1) is 6.92 Å². The molecule has 0 unspecified atom stereocenters. The highest BCUT2D eigenvalue weighted by Crippen LogP contribution is 2.39. The van der Waals surface area contributed by atoms with Crippen LogP contribution in [0.2, 0.25) is 0 Å². The highest BCUT2D eigenvalue weighted by atomic mass is 32.2. The van der Waals surface area contributed by atoms with Gasteiger partial charge in [-0.15, -0.1) is 5.10 Å². The second-order valence-electron chi connectivity index (χ2n) is 5.40. The second kappa shape index (κ2) is 5.74. The van der Waals surface area contributed by atoms with Crippen molar-refractivity contribution in [3.8, 4) is 17.2 Å². The number of nitrogens with one attached hydrogen (secondary N) is 1. The van der Waals surface area contributed by atoms with Gasteiger partial charge in [0.2, 0.25) is 6.79 Å². The number of aromatic nitrogens is 4. The van der Waals surface area contributed by atoms with E-state index in [0.29, 0.717) is 17.2 Å². The van der Waals surface area contributed by atoms with E-state index >= 15 is 0 Å². The number of hydrogen-bond acceptors (Lipinski definition) is 7. The summed E-state index contributed by atoms with van der Waals surface area (Å²) < 4.78 is 40.0. The predicted molar refractivity (Wildman–Crippen MR) is 87.3 cm³/mol. The molecule has 0 bridgehead atoms. The van der Waals surface area contributed by atoms with Crippen molar-refractivity contribution in [2.75, 3.05) is 11.5 Å². The van der Waals surface area contributed by atoms with Crippen LogP contribution in [-0.4, -0.2) is 35.4 Å². The fourth-order valence-electron chi connectivity index (χ4n) is 2.40. The first-order valence-electron chi connectivity index (χ1n) is 7.29. The van der Waals surface area contributed by atoms with Crippen LogP contribution in [0.5, 0.6) is 11.5 Å². The zero-order valence-corrected chi connectivity index (χ0v) is 13.9. The Morgan fingerprint density at radius 3 is 2.52 bits per heavy atom. The van der Waals surface area contributed by atoms with Crippen LogP contribution in [-0.2, 0) is 10.0 Å². The van der Waals surface area contributed by atoms with Gasteiger partial charge in [-0.2, -0.15) is 4.68 Å². The van der Waals surface area contributed by atoms with Crippen molar-refractivity contribution >= 4 is 15.7 Å². The molecule has 1 aliphatic heterocycles. The summed E-state index contributed by atoms with van der Waals surface area (Å²) in [6, 6.07) is 9.71. The van der Waals surface area contributed by atoms with Gasteiger partial charge in [-0.25, -0.2) is 8.42 Å². The molecule has 2 aromatic carbocycles. The van der Waals surface area contributed by atoms with Gasteiger partial charge in [0.1, 0.15) is 6.33 Å². The van der Waals surface area contributed by atoms with Crippen LogP contribution >= 0.6 is 0 Å². The zero-order valence-electron chi connectivity index (χ0n) is 13.1. The maximum absolute atomic E-state index is 12.7. The van der Waals surface area contributed by atoms with Crippen molar-refractivity contribution in [1.29, 1.82) is 0 Å². The summed E-state index contributed by atoms with van der Waals surface area (Å²) >= 11 is 0. The van der Waals surface area contributed by atoms with Crippen molar-refractivity contribution in [1.82, 2.24) is 20.2 Å². The lowest BCUT2D eigenvalue weighted by Crippen LogP contribution is -2.15. The first-order valence-corrected chi connectivity index (χ1v) is 8.78. The molecule has 0 amide bonds. The Morgan fingerprint density at radius 2 is 1.84 bits per heavy atom. The number of anilines is 1. The molecular weight excluding hydrogens is 346 g/mol. The van der Waals surface area contributed by atoms with Gasteiger partial charge in [0.05, 0.1) is 16.3 Å². The summed E-state index contributed by atoms with van der Waals surface area (Å²) in [5.41, 5.74) is 1.67. The summed E-state index contributed by atoms with van der Waals surface area (Å²) in [6.45, 7) is 1.95.